The largest absolute Gasteiger partial charge is 0.369 e. The highest BCUT2D eigenvalue weighted by molar-refractivity contribution is 6.29. The van der Waals surface area contributed by atoms with Crippen molar-refractivity contribution in [1.82, 2.24) is 10.3 Å². The fourth-order valence-corrected chi connectivity index (χ4v) is 1.56. The Balaban J connectivity index is 2.47. The molecule has 18 heavy (non-hydrogen) atoms. The van der Waals surface area contributed by atoms with Crippen LogP contribution in [0.4, 0.5) is 5.82 Å². The van der Waals surface area contributed by atoms with Crippen molar-refractivity contribution in [3.63, 3.8) is 0 Å². The Hall–Kier alpha value is -1.80. The Morgan fingerprint density at radius 3 is 2.89 bits per heavy atom. The second-order valence-electron chi connectivity index (χ2n) is 4.07. The third-order valence-electron chi connectivity index (χ3n) is 2.03. The maximum atomic E-state index is 11.4. The summed E-state index contributed by atoms with van der Waals surface area (Å²) >= 11 is 5.76. The third kappa shape index (κ3) is 5.02. The number of nitriles is 1. The molecular formula is C12H15ClN4O. The fraction of sp³-hybridized carbons (Fsp3) is 0.417. The molecule has 0 bridgehead atoms. The van der Waals surface area contributed by atoms with Gasteiger partial charge in [0, 0.05) is 19.0 Å². The van der Waals surface area contributed by atoms with E-state index in [1.54, 1.807) is 6.07 Å². The number of aromatic nitrogens is 1. The van der Waals surface area contributed by atoms with E-state index in [1.807, 2.05) is 19.9 Å². The van der Waals surface area contributed by atoms with Gasteiger partial charge in [0.15, 0.2) is 0 Å². The van der Waals surface area contributed by atoms with E-state index in [0.29, 0.717) is 24.3 Å². The number of hydrogen-bond donors (Lipinski definition) is 2. The molecule has 5 nitrogen and oxygen atoms in total. The second kappa shape index (κ2) is 6.82. The van der Waals surface area contributed by atoms with E-state index in [9.17, 15) is 4.79 Å². The van der Waals surface area contributed by atoms with Crippen LogP contribution in [0.1, 0.15) is 25.8 Å². The Morgan fingerprint density at radius 1 is 1.56 bits per heavy atom. The molecule has 0 saturated carbocycles. The summed E-state index contributed by atoms with van der Waals surface area (Å²) in [6.45, 7) is 4.25. The number of nitrogens with zero attached hydrogens (tertiary/aromatic N) is 2. The monoisotopic (exact) mass is 266 g/mol. The molecule has 6 heteroatoms. The van der Waals surface area contributed by atoms with Crippen molar-refractivity contribution >= 4 is 23.3 Å². The van der Waals surface area contributed by atoms with Gasteiger partial charge in [0.2, 0.25) is 5.91 Å². The van der Waals surface area contributed by atoms with E-state index in [4.69, 9.17) is 16.9 Å². The van der Waals surface area contributed by atoms with E-state index in [1.165, 1.54) is 6.07 Å². The lowest BCUT2D eigenvalue weighted by atomic mass is 10.3. The molecule has 1 aromatic heterocycles. The topological polar surface area (TPSA) is 77.8 Å². The number of rotatable bonds is 5. The predicted molar refractivity (Wildman–Crippen MR) is 70.3 cm³/mol. The van der Waals surface area contributed by atoms with Gasteiger partial charge in [-0.3, -0.25) is 4.79 Å². The fourth-order valence-electron chi connectivity index (χ4n) is 1.35. The van der Waals surface area contributed by atoms with Crippen LogP contribution >= 0.6 is 11.6 Å². The summed E-state index contributed by atoms with van der Waals surface area (Å²) in [7, 11) is 0. The van der Waals surface area contributed by atoms with Crippen LogP contribution in [0.2, 0.25) is 5.15 Å². The summed E-state index contributed by atoms with van der Waals surface area (Å²) in [6, 6.07) is 5.20. The first-order chi connectivity index (χ1) is 8.51. The van der Waals surface area contributed by atoms with Crippen LogP contribution in [0.5, 0.6) is 0 Å². The summed E-state index contributed by atoms with van der Waals surface area (Å²) in [6.07, 6.45) is 0.342. The molecule has 96 valence electrons. The van der Waals surface area contributed by atoms with E-state index < -0.39 is 0 Å². The molecule has 1 aromatic rings. The number of pyridine rings is 1. The first kappa shape index (κ1) is 14.3. The SMILES string of the molecule is CC(C)NC(=O)CCNc1cc(C#N)cc(Cl)n1. The van der Waals surface area contributed by atoms with Crippen LogP contribution < -0.4 is 10.6 Å². The number of carbonyl (C=O) groups is 1. The van der Waals surface area contributed by atoms with Crippen LogP contribution in [-0.4, -0.2) is 23.5 Å². The maximum Gasteiger partial charge on any atom is 0.221 e. The molecule has 1 amide bonds. The minimum absolute atomic E-state index is 0.0277. The van der Waals surface area contributed by atoms with Crippen molar-refractivity contribution in [2.24, 2.45) is 0 Å². The van der Waals surface area contributed by atoms with Gasteiger partial charge < -0.3 is 10.6 Å². The van der Waals surface area contributed by atoms with Gasteiger partial charge in [-0.05, 0) is 26.0 Å². The number of hydrogen-bond acceptors (Lipinski definition) is 4. The Bertz CT molecular complexity index is 468. The number of carbonyl (C=O) groups excluding carboxylic acids is 1. The summed E-state index contributed by atoms with van der Waals surface area (Å²) in [4.78, 5) is 15.4. The molecule has 1 rings (SSSR count). The van der Waals surface area contributed by atoms with Gasteiger partial charge in [-0.25, -0.2) is 4.98 Å². The Kier molecular flexibility index (Phi) is 5.40. The molecule has 0 aromatic carbocycles. The lowest BCUT2D eigenvalue weighted by Gasteiger charge is -2.09. The van der Waals surface area contributed by atoms with Crippen molar-refractivity contribution in [1.29, 1.82) is 5.26 Å². The molecule has 0 aliphatic heterocycles. The highest BCUT2D eigenvalue weighted by Gasteiger charge is 2.04. The molecule has 2 N–H and O–H groups in total. The van der Waals surface area contributed by atoms with Crippen molar-refractivity contribution < 1.29 is 4.79 Å². The minimum Gasteiger partial charge on any atom is -0.369 e. The summed E-state index contributed by atoms with van der Waals surface area (Å²) in [5, 5.41) is 14.8. The lowest BCUT2D eigenvalue weighted by molar-refractivity contribution is -0.121. The van der Waals surface area contributed by atoms with E-state index in [2.05, 4.69) is 15.6 Å². The van der Waals surface area contributed by atoms with Gasteiger partial charge in [0.25, 0.3) is 0 Å². The second-order valence-corrected chi connectivity index (χ2v) is 4.46. The number of halogens is 1. The van der Waals surface area contributed by atoms with E-state index >= 15 is 0 Å². The van der Waals surface area contributed by atoms with E-state index in [-0.39, 0.29) is 17.1 Å². The minimum atomic E-state index is -0.0277. The highest BCUT2D eigenvalue weighted by atomic mass is 35.5. The third-order valence-corrected chi connectivity index (χ3v) is 2.22. The van der Waals surface area contributed by atoms with Gasteiger partial charge in [-0.15, -0.1) is 0 Å². The molecule has 0 aliphatic carbocycles. The summed E-state index contributed by atoms with van der Waals surface area (Å²) < 4.78 is 0. The average molecular weight is 267 g/mol. The molecule has 0 fully saturated rings. The van der Waals surface area contributed by atoms with Crippen molar-refractivity contribution in [2.75, 3.05) is 11.9 Å². The Labute approximate surface area is 111 Å². The zero-order valence-electron chi connectivity index (χ0n) is 10.3. The highest BCUT2D eigenvalue weighted by Crippen LogP contribution is 2.13. The van der Waals surface area contributed by atoms with E-state index in [0.717, 1.165) is 0 Å². The first-order valence-electron chi connectivity index (χ1n) is 5.62. The molecular weight excluding hydrogens is 252 g/mol. The number of amides is 1. The van der Waals surface area contributed by atoms with Crippen LogP contribution in [0.3, 0.4) is 0 Å². The van der Waals surface area contributed by atoms with Gasteiger partial charge in [-0.2, -0.15) is 5.26 Å². The molecule has 0 radical (unpaired) electrons. The van der Waals surface area contributed by atoms with Gasteiger partial charge >= 0.3 is 0 Å². The smallest absolute Gasteiger partial charge is 0.221 e. The lowest BCUT2D eigenvalue weighted by Crippen LogP contribution is -2.31. The zero-order valence-corrected chi connectivity index (χ0v) is 11.1. The van der Waals surface area contributed by atoms with Crippen LogP contribution in [-0.2, 0) is 4.79 Å². The zero-order chi connectivity index (χ0) is 13.5. The van der Waals surface area contributed by atoms with Crippen molar-refractivity contribution in [3.8, 4) is 6.07 Å². The molecule has 1 heterocycles. The molecule has 0 aliphatic rings. The van der Waals surface area contributed by atoms with Crippen molar-refractivity contribution in [2.45, 2.75) is 26.3 Å². The number of nitrogens with one attached hydrogen (secondary N) is 2. The van der Waals surface area contributed by atoms with Gasteiger partial charge in [-0.1, -0.05) is 11.6 Å². The average Bonchev–Trinajstić information content (AvgIpc) is 2.27. The normalized spacial score (nSPS) is 9.94. The molecule has 0 unspecified atom stereocenters. The van der Waals surface area contributed by atoms with Crippen LogP contribution in [0, 0.1) is 11.3 Å². The summed E-state index contributed by atoms with van der Waals surface area (Å²) in [5.41, 5.74) is 0.434. The van der Waals surface area contributed by atoms with Gasteiger partial charge in [0.05, 0.1) is 11.6 Å². The molecule has 0 spiro atoms. The molecule has 0 saturated heterocycles. The quantitative estimate of drug-likeness (QED) is 0.799. The van der Waals surface area contributed by atoms with Gasteiger partial charge in [0.1, 0.15) is 11.0 Å². The first-order valence-corrected chi connectivity index (χ1v) is 6.00. The predicted octanol–water partition coefficient (Wildman–Crippen LogP) is 1.93. The Morgan fingerprint density at radius 2 is 2.28 bits per heavy atom. The summed E-state index contributed by atoms with van der Waals surface area (Å²) in [5.74, 6) is 0.469. The standard InChI is InChI=1S/C12H15ClN4O/c1-8(2)16-12(18)3-4-15-11-6-9(7-14)5-10(13)17-11/h5-6,8H,3-4H2,1-2H3,(H,15,17)(H,16,18). The van der Waals surface area contributed by atoms with Crippen LogP contribution in [0.25, 0.3) is 0 Å². The maximum absolute atomic E-state index is 11.4. The molecule has 0 atom stereocenters. The van der Waals surface area contributed by atoms with Crippen LogP contribution in [0.15, 0.2) is 12.1 Å². The van der Waals surface area contributed by atoms with Crippen molar-refractivity contribution in [3.05, 3.63) is 22.8 Å². The number of anilines is 1.